The van der Waals surface area contributed by atoms with E-state index in [1.165, 1.54) is 0 Å². The van der Waals surface area contributed by atoms with Gasteiger partial charge in [-0.25, -0.2) is 0 Å². The number of benzene rings is 2. The van der Waals surface area contributed by atoms with Crippen molar-refractivity contribution >= 4 is 5.91 Å². The minimum Gasteiger partial charge on any atom is -0.497 e. The van der Waals surface area contributed by atoms with Crippen molar-refractivity contribution in [3.63, 3.8) is 0 Å². The van der Waals surface area contributed by atoms with E-state index in [2.05, 4.69) is 20.5 Å². The summed E-state index contributed by atoms with van der Waals surface area (Å²) in [6.07, 6.45) is 1.05. The molecule has 0 radical (unpaired) electrons. The average molecular weight is 453 g/mol. The Morgan fingerprint density at radius 1 is 1.00 bits per heavy atom. The first-order valence-electron chi connectivity index (χ1n) is 10.7. The molecule has 1 heterocycles. The van der Waals surface area contributed by atoms with Gasteiger partial charge in [0.1, 0.15) is 11.4 Å². The highest BCUT2D eigenvalue weighted by Crippen LogP contribution is 2.30. The fraction of sp³-hybridized carbons (Fsp3) is 0.333. The third-order valence-electron chi connectivity index (χ3n) is 4.99. The topological polar surface area (TPSA) is 115 Å². The maximum absolute atomic E-state index is 12.4. The van der Waals surface area contributed by atoms with Gasteiger partial charge in [-0.2, -0.15) is 0 Å². The van der Waals surface area contributed by atoms with Crippen molar-refractivity contribution in [3.8, 4) is 28.6 Å². The number of aromatic nitrogens is 3. The Hall–Kier alpha value is -3.88. The summed E-state index contributed by atoms with van der Waals surface area (Å²) < 4.78 is 16.0. The van der Waals surface area contributed by atoms with Gasteiger partial charge < -0.3 is 24.5 Å². The van der Waals surface area contributed by atoms with Gasteiger partial charge in [0.25, 0.3) is 5.56 Å². The van der Waals surface area contributed by atoms with Crippen molar-refractivity contribution in [2.45, 2.75) is 26.2 Å². The van der Waals surface area contributed by atoms with Crippen LogP contribution in [0.25, 0.3) is 11.4 Å². The fourth-order valence-electron chi connectivity index (χ4n) is 3.20. The SMILES string of the molecule is CCOc1ccc(-c2nnc(CCC(=O)NCCc3ccc(OC)cc3)c(=O)[nH]2)cc1OC. The summed E-state index contributed by atoms with van der Waals surface area (Å²) in [5.74, 6) is 2.10. The highest BCUT2D eigenvalue weighted by atomic mass is 16.5. The minimum absolute atomic E-state index is 0.148. The summed E-state index contributed by atoms with van der Waals surface area (Å²) in [5, 5.41) is 11.0. The molecule has 0 aliphatic rings. The molecule has 3 aromatic rings. The molecule has 0 saturated carbocycles. The highest BCUT2D eigenvalue weighted by Gasteiger charge is 2.12. The second-order valence-corrected chi connectivity index (χ2v) is 7.20. The van der Waals surface area contributed by atoms with E-state index in [0.717, 1.165) is 11.3 Å². The molecule has 0 atom stereocenters. The van der Waals surface area contributed by atoms with E-state index in [0.29, 0.717) is 42.5 Å². The summed E-state index contributed by atoms with van der Waals surface area (Å²) in [6.45, 7) is 2.90. The number of rotatable bonds is 11. The summed E-state index contributed by atoms with van der Waals surface area (Å²) in [4.78, 5) is 27.3. The summed E-state index contributed by atoms with van der Waals surface area (Å²) >= 11 is 0. The quantitative estimate of drug-likeness (QED) is 0.459. The smallest absolute Gasteiger partial charge is 0.273 e. The standard InChI is InChI=1S/C24H28N4O5/c1-4-33-20-11-7-17(15-21(20)32-3)23-26-24(30)19(27-28-23)10-12-22(29)25-14-13-16-5-8-18(31-2)9-6-16/h5-9,11,15H,4,10,12-14H2,1-3H3,(H,25,29)(H,26,28,30). The number of carbonyl (C=O) groups excluding carboxylic acids is 1. The van der Waals surface area contributed by atoms with Crippen LogP contribution in [0.3, 0.4) is 0 Å². The predicted octanol–water partition coefficient (Wildman–Crippen LogP) is 2.54. The molecule has 1 amide bonds. The number of aromatic amines is 1. The van der Waals surface area contributed by atoms with Crippen LogP contribution in [0.2, 0.25) is 0 Å². The maximum atomic E-state index is 12.4. The van der Waals surface area contributed by atoms with Gasteiger partial charge in [0.15, 0.2) is 17.3 Å². The zero-order valence-corrected chi connectivity index (χ0v) is 19.0. The number of carbonyl (C=O) groups is 1. The van der Waals surface area contributed by atoms with Crippen LogP contribution in [-0.4, -0.2) is 48.5 Å². The van der Waals surface area contributed by atoms with Crippen LogP contribution >= 0.6 is 0 Å². The third-order valence-corrected chi connectivity index (χ3v) is 4.99. The van der Waals surface area contributed by atoms with E-state index in [4.69, 9.17) is 14.2 Å². The van der Waals surface area contributed by atoms with Gasteiger partial charge in [-0.05, 0) is 49.2 Å². The molecule has 0 bridgehead atoms. The molecule has 2 N–H and O–H groups in total. The van der Waals surface area contributed by atoms with Crippen molar-refractivity contribution in [2.24, 2.45) is 0 Å². The molecule has 9 heteroatoms. The Morgan fingerprint density at radius 3 is 2.45 bits per heavy atom. The van der Waals surface area contributed by atoms with Gasteiger partial charge in [-0.1, -0.05) is 12.1 Å². The van der Waals surface area contributed by atoms with E-state index in [9.17, 15) is 9.59 Å². The van der Waals surface area contributed by atoms with Crippen molar-refractivity contribution in [3.05, 3.63) is 64.1 Å². The van der Waals surface area contributed by atoms with E-state index in [1.807, 2.05) is 31.2 Å². The Balaban J connectivity index is 1.53. The fourth-order valence-corrected chi connectivity index (χ4v) is 3.20. The number of H-pyrrole nitrogens is 1. The number of amides is 1. The molecule has 0 spiro atoms. The van der Waals surface area contributed by atoms with Crippen LogP contribution in [0, 0.1) is 0 Å². The minimum atomic E-state index is -0.376. The maximum Gasteiger partial charge on any atom is 0.273 e. The van der Waals surface area contributed by atoms with E-state index in [-0.39, 0.29) is 30.0 Å². The monoisotopic (exact) mass is 452 g/mol. The molecule has 0 fully saturated rings. The largest absolute Gasteiger partial charge is 0.497 e. The normalized spacial score (nSPS) is 10.5. The predicted molar refractivity (Wildman–Crippen MR) is 124 cm³/mol. The molecule has 3 rings (SSSR count). The van der Waals surface area contributed by atoms with Crippen LogP contribution in [0.15, 0.2) is 47.3 Å². The molecule has 0 aliphatic carbocycles. The molecule has 2 aromatic carbocycles. The molecular weight excluding hydrogens is 424 g/mol. The second-order valence-electron chi connectivity index (χ2n) is 7.20. The number of nitrogens with one attached hydrogen (secondary N) is 2. The van der Waals surface area contributed by atoms with Gasteiger partial charge in [0.05, 0.1) is 20.8 Å². The number of aryl methyl sites for hydroxylation is 1. The lowest BCUT2D eigenvalue weighted by molar-refractivity contribution is -0.121. The summed E-state index contributed by atoms with van der Waals surface area (Å²) in [5.41, 5.74) is 1.57. The second kappa shape index (κ2) is 11.7. The van der Waals surface area contributed by atoms with Crippen LogP contribution < -0.4 is 25.1 Å². The average Bonchev–Trinajstić information content (AvgIpc) is 2.84. The van der Waals surface area contributed by atoms with Crippen molar-refractivity contribution < 1.29 is 19.0 Å². The zero-order valence-electron chi connectivity index (χ0n) is 19.0. The van der Waals surface area contributed by atoms with Crippen LogP contribution in [0.1, 0.15) is 24.6 Å². The molecule has 9 nitrogen and oxygen atoms in total. The van der Waals surface area contributed by atoms with Gasteiger partial charge in [0.2, 0.25) is 5.91 Å². The van der Waals surface area contributed by atoms with Crippen LogP contribution in [0.5, 0.6) is 17.2 Å². The number of hydrogen-bond donors (Lipinski definition) is 2. The highest BCUT2D eigenvalue weighted by molar-refractivity contribution is 5.76. The number of ether oxygens (including phenoxy) is 3. The summed E-state index contributed by atoms with van der Waals surface area (Å²) in [7, 11) is 3.16. The molecular formula is C24H28N4O5. The van der Waals surface area contributed by atoms with Crippen molar-refractivity contribution in [2.75, 3.05) is 27.4 Å². The van der Waals surface area contributed by atoms with E-state index in [1.54, 1.807) is 32.4 Å². The van der Waals surface area contributed by atoms with Gasteiger partial charge in [-0.15, -0.1) is 10.2 Å². The number of nitrogens with zero attached hydrogens (tertiary/aromatic N) is 2. The van der Waals surface area contributed by atoms with Gasteiger partial charge >= 0.3 is 0 Å². The van der Waals surface area contributed by atoms with Crippen LogP contribution in [0.4, 0.5) is 0 Å². The van der Waals surface area contributed by atoms with E-state index >= 15 is 0 Å². The molecule has 33 heavy (non-hydrogen) atoms. The lowest BCUT2D eigenvalue weighted by Gasteiger charge is -2.10. The molecule has 0 unspecified atom stereocenters. The number of methoxy groups -OCH3 is 2. The third kappa shape index (κ3) is 6.55. The first kappa shape index (κ1) is 23.8. The zero-order chi connectivity index (χ0) is 23.6. The molecule has 0 aliphatic heterocycles. The van der Waals surface area contributed by atoms with Gasteiger partial charge in [-0.3, -0.25) is 9.59 Å². The van der Waals surface area contributed by atoms with E-state index < -0.39 is 0 Å². The van der Waals surface area contributed by atoms with Crippen LogP contribution in [-0.2, 0) is 17.6 Å². The first-order chi connectivity index (χ1) is 16.0. The van der Waals surface area contributed by atoms with Crippen molar-refractivity contribution in [1.82, 2.24) is 20.5 Å². The van der Waals surface area contributed by atoms with Crippen molar-refractivity contribution in [1.29, 1.82) is 0 Å². The Labute approximate surface area is 192 Å². The number of hydrogen-bond acceptors (Lipinski definition) is 7. The Bertz CT molecular complexity index is 1130. The lowest BCUT2D eigenvalue weighted by atomic mass is 10.1. The van der Waals surface area contributed by atoms with Gasteiger partial charge in [0, 0.05) is 24.9 Å². The Morgan fingerprint density at radius 2 is 1.79 bits per heavy atom. The summed E-state index contributed by atoms with van der Waals surface area (Å²) in [6, 6.07) is 12.9. The molecule has 0 saturated heterocycles. The molecule has 1 aromatic heterocycles. The Kier molecular flexibility index (Phi) is 8.40. The molecule has 174 valence electrons. The first-order valence-corrected chi connectivity index (χ1v) is 10.7. The lowest BCUT2D eigenvalue weighted by Crippen LogP contribution is -2.27.